The van der Waals surface area contributed by atoms with Crippen LogP contribution in [0.25, 0.3) is 0 Å². The molecule has 1 saturated heterocycles. The molecule has 2 rings (SSSR count). The van der Waals surface area contributed by atoms with Crippen molar-refractivity contribution in [1.82, 2.24) is 4.90 Å². The molecule has 2 aliphatic rings. The van der Waals surface area contributed by atoms with Gasteiger partial charge in [-0.15, -0.1) is 0 Å². The number of likely N-dealkylation sites (tertiary alicyclic amines) is 1. The molecule has 16 heavy (non-hydrogen) atoms. The first-order valence-corrected chi connectivity index (χ1v) is 7.01. The standard InChI is InChI=1S/C14H24N2/c15-10-7-13-8-11-16(12-9-13)14-5-3-1-2-4-6-14/h13-14H,1-9,11-12H2. The molecule has 0 aromatic rings. The summed E-state index contributed by atoms with van der Waals surface area (Å²) >= 11 is 0. The molecule has 1 aliphatic heterocycles. The maximum Gasteiger partial charge on any atom is 0.0624 e. The maximum absolute atomic E-state index is 8.71. The predicted octanol–water partition coefficient (Wildman–Crippen LogP) is 3.33. The van der Waals surface area contributed by atoms with E-state index in [0.717, 1.165) is 12.5 Å². The number of hydrogen-bond acceptors (Lipinski definition) is 2. The van der Waals surface area contributed by atoms with Crippen molar-refractivity contribution in [1.29, 1.82) is 5.26 Å². The molecule has 0 spiro atoms. The van der Waals surface area contributed by atoms with Crippen molar-refractivity contribution in [3.8, 4) is 6.07 Å². The Bertz CT molecular complexity index is 228. The molecule has 0 atom stereocenters. The highest BCUT2D eigenvalue weighted by Gasteiger charge is 2.25. The smallest absolute Gasteiger partial charge is 0.0624 e. The van der Waals surface area contributed by atoms with Gasteiger partial charge in [0.2, 0.25) is 0 Å². The van der Waals surface area contributed by atoms with Gasteiger partial charge in [0.1, 0.15) is 0 Å². The van der Waals surface area contributed by atoms with Crippen molar-refractivity contribution in [3.05, 3.63) is 0 Å². The summed E-state index contributed by atoms with van der Waals surface area (Å²) < 4.78 is 0. The molecule has 0 bridgehead atoms. The summed E-state index contributed by atoms with van der Waals surface area (Å²) in [5.74, 6) is 0.687. The molecule has 0 amide bonds. The van der Waals surface area contributed by atoms with Gasteiger partial charge >= 0.3 is 0 Å². The van der Waals surface area contributed by atoms with Gasteiger partial charge in [-0.2, -0.15) is 5.26 Å². The van der Waals surface area contributed by atoms with Gasteiger partial charge in [0.25, 0.3) is 0 Å². The van der Waals surface area contributed by atoms with E-state index in [1.165, 1.54) is 64.5 Å². The topological polar surface area (TPSA) is 27.0 Å². The van der Waals surface area contributed by atoms with Gasteiger partial charge in [-0.25, -0.2) is 0 Å². The molecule has 2 fully saturated rings. The minimum Gasteiger partial charge on any atom is -0.300 e. The summed E-state index contributed by atoms with van der Waals surface area (Å²) in [6.07, 6.45) is 11.9. The molecule has 1 saturated carbocycles. The van der Waals surface area contributed by atoms with Crippen molar-refractivity contribution < 1.29 is 0 Å². The van der Waals surface area contributed by atoms with Crippen LogP contribution < -0.4 is 0 Å². The fourth-order valence-electron chi connectivity index (χ4n) is 3.27. The van der Waals surface area contributed by atoms with Gasteiger partial charge in [-0.1, -0.05) is 25.7 Å². The van der Waals surface area contributed by atoms with Crippen LogP contribution in [0, 0.1) is 17.2 Å². The van der Waals surface area contributed by atoms with Crippen molar-refractivity contribution >= 4 is 0 Å². The third-order valence-electron chi connectivity index (χ3n) is 4.37. The van der Waals surface area contributed by atoms with Gasteiger partial charge in [0, 0.05) is 12.5 Å². The molecule has 1 heterocycles. The van der Waals surface area contributed by atoms with Crippen LogP contribution in [0.1, 0.15) is 57.8 Å². The zero-order valence-corrected chi connectivity index (χ0v) is 10.3. The van der Waals surface area contributed by atoms with E-state index in [2.05, 4.69) is 11.0 Å². The lowest BCUT2D eigenvalue weighted by molar-refractivity contribution is 0.122. The van der Waals surface area contributed by atoms with Crippen LogP contribution in [0.15, 0.2) is 0 Å². The fraction of sp³-hybridized carbons (Fsp3) is 0.929. The third-order valence-corrected chi connectivity index (χ3v) is 4.37. The molecule has 90 valence electrons. The van der Waals surface area contributed by atoms with Crippen LogP contribution in [-0.2, 0) is 0 Å². The quantitative estimate of drug-likeness (QED) is 0.667. The zero-order chi connectivity index (χ0) is 11.2. The minimum absolute atomic E-state index is 0.687. The lowest BCUT2D eigenvalue weighted by atomic mass is 9.92. The van der Waals surface area contributed by atoms with Crippen LogP contribution in [0.5, 0.6) is 0 Å². The average Bonchev–Trinajstić information content (AvgIpc) is 2.59. The van der Waals surface area contributed by atoms with Crippen molar-refractivity contribution in [2.75, 3.05) is 13.1 Å². The first-order valence-electron chi connectivity index (χ1n) is 7.01. The fourth-order valence-corrected chi connectivity index (χ4v) is 3.27. The summed E-state index contributed by atoms with van der Waals surface area (Å²) in [6.45, 7) is 2.49. The molecule has 2 heteroatoms. The molecule has 1 aliphatic carbocycles. The van der Waals surface area contributed by atoms with Crippen LogP contribution in [0.3, 0.4) is 0 Å². The number of hydrogen-bond donors (Lipinski definition) is 0. The van der Waals surface area contributed by atoms with Crippen molar-refractivity contribution in [2.24, 2.45) is 5.92 Å². The van der Waals surface area contributed by atoms with Crippen molar-refractivity contribution in [3.63, 3.8) is 0 Å². The molecular formula is C14H24N2. The number of nitrogens with zero attached hydrogens (tertiary/aromatic N) is 2. The van der Waals surface area contributed by atoms with E-state index in [-0.39, 0.29) is 0 Å². The molecule has 0 radical (unpaired) electrons. The summed E-state index contributed by atoms with van der Waals surface area (Å²) in [5, 5.41) is 8.71. The van der Waals surface area contributed by atoms with Crippen molar-refractivity contribution in [2.45, 2.75) is 63.8 Å². The first-order chi connectivity index (χ1) is 7.90. The lowest BCUT2D eigenvalue weighted by Gasteiger charge is -2.36. The van der Waals surface area contributed by atoms with E-state index in [0.29, 0.717) is 5.92 Å². The third kappa shape index (κ3) is 3.22. The zero-order valence-electron chi connectivity index (χ0n) is 10.3. The molecule has 2 nitrogen and oxygen atoms in total. The van der Waals surface area contributed by atoms with E-state index >= 15 is 0 Å². The highest BCUT2D eigenvalue weighted by molar-refractivity contribution is 4.84. The predicted molar refractivity (Wildman–Crippen MR) is 66.0 cm³/mol. The Morgan fingerprint density at radius 2 is 1.56 bits per heavy atom. The highest BCUT2D eigenvalue weighted by atomic mass is 15.2. The SMILES string of the molecule is N#CCC1CCN(C2CCCCCC2)CC1. The Hall–Kier alpha value is -0.550. The van der Waals surface area contributed by atoms with Gasteiger partial charge in [0.05, 0.1) is 6.07 Å². The normalized spacial score (nSPS) is 26.2. The second-order valence-corrected chi connectivity index (χ2v) is 5.49. The monoisotopic (exact) mass is 220 g/mol. The van der Waals surface area contributed by atoms with E-state index in [1.54, 1.807) is 0 Å². The van der Waals surface area contributed by atoms with E-state index in [9.17, 15) is 0 Å². The van der Waals surface area contributed by atoms with Gasteiger partial charge in [-0.05, 0) is 44.7 Å². The Kier molecular flexibility index (Phi) is 4.66. The van der Waals surface area contributed by atoms with Crippen LogP contribution >= 0.6 is 0 Å². The Labute approximate surface area is 99.6 Å². The molecule has 0 unspecified atom stereocenters. The van der Waals surface area contributed by atoms with E-state index < -0.39 is 0 Å². The second-order valence-electron chi connectivity index (χ2n) is 5.49. The maximum atomic E-state index is 8.71. The van der Waals surface area contributed by atoms with Gasteiger partial charge in [-0.3, -0.25) is 0 Å². The molecular weight excluding hydrogens is 196 g/mol. The van der Waals surface area contributed by atoms with E-state index in [4.69, 9.17) is 5.26 Å². The molecule has 0 N–H and O–H groups in total. The van der Waals surface area contributed by atoms with Crippen LogP contribution in [0.2, 0.25) is 0 Å². The molecule has 0 aromatic heterocycles. The largest absolute Gasteiger partial charge is 0.300 e. The number of rotatable bonds is 2. The van der Waals surface area contributed by atoms with E-state index in [1.807, 2.05) is 0 Å². The molecule has 0 aromatic carbocycles. The summed E-state index contributed by atoms with van der Waals surface area (Å²) in [7, 11) is 0. The first kappa shape index (κ1) is 11.9. The summed E-state index contributed by atoms with van der Waals surface area (Å²) in [6, 6.07) is 3.19. The van der Waals surface area contributed by atoms with Gasteiger partial charge < -0.3 is 4.90 Å². The lowest BCUT2D eigenvalue weighted by Crippen LogP contribution is -2.41. The number of nitriles is 1. The number of piperidine rings is 1. The Balaban J connectivity index is 1.77. The highest BCUT2D eigenvalue weighted by Crippen LogP contribution is 2.27. The Morgan fingerprint density at radius 1 is 0.938 bits per heavy atom. The second kappa shape index (κ2) is 6.25. The summed E-state index contributed by atoms with van der Waals surface area (Å²) in [4.78, 5) is 2.71. The van der Waals surface area contributed by atoms with Crippen LogP contribution in [0.4, 0.5) is 0 Å². The average molecular weight is 220 g/mol. The van der Waals surface area contributed by atoms with Gasteiger partial charge in [0.15, 0.2) is 0 Å². The van der Waals surface area contributed by atoms with Crippen LogP contribution in [-0.4, -0.2) is 24.0 Å². The minimum atomic E-state index is 0.687. The Morgan fingerprint density at radius 3 is 2.12 bits per heavy atom. The summed E-state index contributed by atoms with van der Waals surface area (Å²) in [5.41, 5.74) is 0.